The first kappa shape index (κ1) is 16.8. The molecule has 1 heterocycles. The molecule has 0 fully saturated rings. The van der Waals surface area contributed by atoms with Crippen molar-refractivity contribution in [1.29, 1.82) is 0 Å². The zero-order valence-corrected chi connectivity index (χ0v) is 13.4. The highest BCUT2D eigenvalue weighted by molar-refractivity contribution is 5.91. The number of benzene rings is 1. The minimum absolute atomic E-state index is 0.111. The Morgan fingerprint density at radius 2 is 2.00 bits per heavy atom. The van der Waals surface area contributed by atoms with Crippen LogP contribution in [0, 0.1) is 0 Å². The summed E-state index contributed by atoms with van der Waals surface area (Å²) < 4.78 is 15.8. The highest BCUT2D eigenvalue weighted by Gasteiger charge is 2.18. The summed E-state index contributed by atoms with van der Waals surface area (Å²) in [6, 6.07) is 7.10. The van der Waals surface area contributed by atoms with Gasteiger partial charge in [-0.15, -0.1) is 0 Å². The van der Waals surface area contributed by atoms with Crippen molar-refractivity contribution in [2.75, 3.05) is 20.7 Å². The number of rotatable bonds is 7. The summed E-state index contributed by atoms with van der Waals surface area (Å²) in [5.41, 5.74) is 0.182. The maximum atomic E-state index is 12.1. The number of hydrogen-bond donors (Lipinski definition) is 1. The second-order valence-corrected chi connectivity index (χ2v) is 5.13. The Kier molecular flexibility index (Phi) is 5.59. The molecule has 0 saturated heterocycles. The molecule has 0 bridgehead atoms. The molecule has 0 aliphatic rings. The molecule has 23 heavy (non-hydrogen) atoms. The molecule has 1 N–H and O–H groups in total. The Labute approximate surface area is 134 Å². The first-order valence-corrected chi connectivity index (χ1v) is 7.14. The SMILES string of the molecule is COc1ccc(OCc2nc(C(=O)N(C)CC(C)O)co2)cc1. The van der Waals surface area contributed by atoms with Crippen LogP contribution in [0.25, 0.3) is 0 Å². The molecule has 1 aromatic carbocycles. The zero-order valence-electron chi connectivity index (χ0n) is 13.4. The number of nitrogens with zero attached hydrogens (tertiary/aromatic N) is 2. The van der Waals surface area contributed by atoms with Gasteiger partial charge in [-0.25, -0.2) is 4.98 Å². The molecule has 0 radical (unpaired) electrons. The van der Waals surface area contributed by atoms with Crippen molar-refractivity contribution < 1.29 is 23.8 Å². The number of likely N-dealkylation sites (N-methyl/N-ethyl adjacent to an activating group) is 1. The minimum atomic E-state index is -0.603. The van der Waals surface area contributed by atoms with Gasteiger partial charge in [-0.05, 0) is 31.2 Å². The molecule has 0 spiro atoms. The number of aromatic nitrogens is 1. The Balaban J connectivity index is 1.92. The van der Waals surface area contributed by atoms with Crippen molar-refractivity contribution >= 4 is 5.91 Å². The third-order valence-electron chi connectivity index (χ3n) is 3.08. The topological polar surface area (TPSA) is 85.0 Å². The molecule has 2 rings (SSSR count). The molecule has 1 aromatic heterocycles. The first-order chi connectivity index (χ1) is 11.0. The summed E-state index contributed by atoms with van der Waals surface area (Å²) in [5.74, 6) is 1.37. The Hall–Kier alpha value is -2.54. The molecule has 2 aromatic rings. The van der Waals surface area contributed by atoms with Crippen LogP contribution in [0.3, 0.4) is 0 Å². The molecule has 0 aliphatic carbocycles. The number of oxazole rings is 1. The van der Waals surface area contributed by atoms with E-state index in [0.29, 0.717) is 11.6 Å². The lowest BCUT2D eigenvalue weighted by Gasteiger charge is -2.16. The molecule has 1 amide bonds. The van der Waals surface area contributed by atoms with E-state index in [1.807, 2.05) is 0 Å². The van der Waals surface area contributed by atoms with Crippen LogP contribution in [0.2, 0.25) is 0 Å². The van der Waals surface area contributed by atoms with Gasteiger partial charge in [0.15, 0.2) is 12.3 Å². The van der Waals surface area contributed by atoms with Crippen LogP contribution in [-0.2, 0) is 6.61 Å². The van der Waals surface area contributed by atoms with Gasteiger partial charge in [-0.3, -0.25) is 4.79 Å². The van der Waals surface area contributed by atoms with Crippen LogP contribution in [-0.4, -0.2) is 47.7 Å². The zero-order chi connectivity index (χ0) is 16.8. The molecule has 1 unspecified atom stereocenters. The Bertz CT molecular complexity index is 636. The number of methoxy groups -OCH3 is 1. The van der Waals surface area contributed by atoms with Crippen LogP contribution in [0.5, 0.6) is 11.5 Å². The van der Waals surface area contributed by atoms with Gasteiger partial charge in [0.1, 0.15) is 17.8 Å². The number of aliphatic hydroxyl groups is 1. The van der Waals surface area contributed by atoms with Gasteiger partial charge >= 0.3 is 0 Å². The lowest BCUT2D eigenvalue weighted by molar-refractivity contribution is 0.0698. The maximum absolute atomic E-state index is 12.1. The second-order valence-electron chi connectivity index (χ2n) is 5.13. The first-order valence-electron chi connectivity index (χ1n) is 7.14. The monoisotopic (exact) mass is 320 g/mol. The molecular weight excluding hydrogens is 300 g/mol. The third kappa shape index (κ3) is 4.72. The molecule has 7 heteroatoms. The number of hydrogen-bond acceptors (Lipinski definition) is 6. The van der Waals surface area contributed by atoms with E-state index in [9.17, 15) is 9.90 Å². The summed E-state index contributed by atoms with van der Waals surface area (Å²) in [5, 5.41) is 9.30. The maximum Gasteiger partial charge on any atom is 0.275 e. The van der Waals surface area contributed by atoms with Crippen LogP contribution in [0.4, 0.5) is 0 Å². The molecular formula is C16H20N2O5. The second kappa shape index (κ2) is 7.64. The average Bonchev–Trinajstić information content (AvgIpc) is 3.01. The molecule has 1 atom stereocenters. The van der Waals surface area contributed by atoms with Gasteiger partial charge in [-0.2, -0.15) is 0 Å². The summed E-state index contributed by atoms with van der Waals surface area (Å²) in [7, 11) is 3.19. The Morgan fingerprint density at radius 3 is 2.61 bits per heavy atom. The van der Waals surface area contributed by atoms with E-state index >= 15 is 0 Å². The Morgan fingerprint density at radius 1 is 1.35 bits per heavy atom. The summed E-state index contributed by atoms with van der Waals surface area (Å²) in [6.07, 6.45) is 0.682. The fraction of sp³-hybridized carbons (Fsp3) is 0.375. The molecule has 124 valence electrons. The summed E-state index contributed by atoms with van der Waals surface area (Å²) in [4.78, 5) is 17.6. The average molecular weight is 320 g/mol. The van der Waals surface area contributed by atoms with Crippen molar-refractivity contribution in [2.24, 2.45) is 0 Å². The fourth-order valence-corrected chi connectivity index (χ4v) is 1.97. The van der Waals surface area contributed by atoms with Crippen LogP contribution in [0.15, 0.2) is 34.9 Å². The number of carbonyl (C=O) groups is 1. The van der Waals surface area contributed by atoms with Crippen molar-refractivity contribution in [3.8, 4) is 11.5 Å². The smallest absolute Gasteiger partial charge is 0.275 e. The van der Waals surface area contributed by atoms with Crippen LogP contribution < -0.4 is 9.47 Å². The van der Waals surface area contributed by atoms with Gasteiger partial charge in [0.2, 0.25) is 5.89 Å². The van der Waals surface area contributed by atoms with Gasteiger partial charge in [-0.1, -0.05) is 0 Å². The lowest BCUT2D eigenvalue weighted by atomic mass is 10.3. The summed E-state index contributed by atoms with van der Waals surface area (Å²) >= 11 is 0. The van der Waals surface area contributed by atoms with E-state index in [1.165, 1.54) is 11.2 Å². The van der Waals surface area contributed by atoms with Crippen molar-refractivity contribution in [1.82, 2.24) is 9.88 Å². The standard InChI is InChI=1S/C16H20N2O5/c1-11(19)8-18(2)16(20)14-9-23-15(17-14)10-22-13-6-4-12(21-3)5-7-13/h4-7,9,11,19H,8,10H2,1-3H3. The predicted octanol–water partition coefficient (Wildman–Crippen LogP) is 1.72. The summed E-state index contributed by atoms with van der Waals surface area (Å²) in [6.45, 7) is 1.95. The van der Waals surface area contributed by atoms with Crippen molar-refractivity contribution in [2.45, 2.75) is 19.6 Å². The highest BCUT2D eigenvalue weighted by atomic mass is 16.5. The number of amides is 1. The van der Waals surface area contributed by atoms with Crippen molar-refractivity contribution in [3.05, 3.63) is 42.1 Å². The highest BCUT2D eigenvalue weighted by Crippen LogP contribution is 2.18. The van der Waals surface area contributed by atoms with Gasteiger partial charge in [0.05, 0.1) is 13.2 Å². The number of ether oxygens (including phenoxy) is 2. The van der Waals surface area contributed by atoms with Crippen LogP contribution in [0.1, 0.15) is 23.3 Å². The largest absolute Gasteiger partial charge is 0.497 e. The molecule has 0 aliphatic heterocycles. The minimum Gasteiger partial charge on any atom is -0.497 e. The number of carbonyl (C=O) groups excluding carboxylic acids is 1. The quantitative estimate of drug-likeness (QED) is 0.836. The van der Waals surface area contributed by atoms with E-state index in [0.717, 1.165) is 5.75 Å². The van der Waals surface area contributed by atoms with Crippen LogP contribution >= 0.6 is 0 Å². The lowest BCUT2D eigenvalue weighted by Crippen LogP contribution is -2.33. The third-order valence-corrected chi connectivity index (χ3v) is 3.08. The normalized spacial score (nSPS) is 11.8. The van der Waals surface area contributed by atoms with E-state index in [1.54, 1.807) is 45.3 Å². The van der Waals surface area contributed by atoms with E-state index in [-0.39, 0.29) is 24.8 Å². The van der Waals surface area contributed by atoms with E-state index in [4.69, 9.17) is 13.9 Å². The molecule has 0 saturated carbocycles. The molecule has 7 nitrogen and oxygen atoms in total. The fourth-order valence-electron chi connectivity index (χ4n) is 1.97. The number of aliphatic hydroxyl groups excluding tert-OH is 1. The van der Waals surface area contributed by atoms with E-state index in [2.05, 4.69) is 4.98 Å². The van der Waals surface area contributed by atoms with E-state index < -0.39 is 6.10 Å². The van der Waals surface area contributed by atoms with Gasteiger partial charge < -0.3 is 23.9 Å². The predicted molar refractivity (Wildman–Crippen MR) is 82.5 cm³/mol. The van der Waals surface area contributed by atoms with Gasteiger partial charge in [0, 0.05) is 13.6 Å². The van der Waals surface area contributed by atoms with Gasteiger partial charge in [0.25, 0.3) is 5.91 Å². The van der Waals surface area contributed by atoms with Crippen molar-refractivity contribution in [3.63, 3.8) is 0 Å².